The lowest BCUT2D eigenvalue weighted by molar-refractivity contribution is 0.151. The highest BCUT2D eigenvalue weighted by molar-refractivity contribution is 14.0. The molecule has 27 heavy (non-hydrogen) atoms. The van der Waals surface area contributed by atoms with E-state index in [9.17, 15) is 0 Å². The maximum atomic E-state index is 6.02. The van der Waals surface area contributed by atoms with E-state index >= 15 is 0 Å². The van der Waals surface area contributed by atoms with Crippen LogP contribution < -0.4 is 5.32 Å². The highest BCUT2D eigenvalue weighted by atomic mass is 127. The summed E-state index contributed by atoms with van der Waals surface area (Å²) < 4.78 is 5.36. The molecule has 0 amide bonds. The molecule has 1 saturated heterocycles. The molecule has 1 aromatic heterocycles. The van der Waals surface area contributed by atoms with Gasteiger partial charge in [0.2, 0.25) is 11.7 Å². The minimum atomic E-state index is 0. The topological polar surface area (TPSA) is 66.5 Å². The molecule has 0 atom stereocenters. The lowest BCUT2D eigenvalue weighted by Crippen LogP contribution is -2.43. The Morgan fingerprint density at radius 2 is 2.22 bits per heavy atom. The van der Waals surface area contributed by atoms with Crippen LogP contribution in [0.5, 0.6) is 0 Å². The van der Waals surface area contributed by atoms with Gasteiger partial charge < -0.3 is 14.7 Å². The first-order valence-electron chi connectivity index (χ1n) is 9.22. The molecule has 2 aromatic rings. The lowest BCUT2D eigenvalue weighted by atomic mass is 9.68. The summed E-state index contributed by atoms with van der Waals surface area (Å²) in [4.78, 5) is 11.3. The van der Waals surface area contributed by atoms with Gasteiger partial charge in [-0.25, -0.2) is 0 Å². The summed E-state index contributed by atoms with van der Waals surface area (Å²) in [5.74, 6) is 2.15. The largest absolute Gasteiger partial charge is 0.356 e. The van der Waals surface area contributed by atoms with Crippen molar-refractivity contribution in [2.75, 3.05) is 26.7 Å². The number of guanidine groups is 1. The molecule has 2 heterocycles. The Hall–Kier alpha value is -1.35. The zero-order valence-corrected chi connectivity index (χ0v) is 18.5. The van der Waals surface area contributed by atoms with Gasteiger partial charge in [0.1, 0.15) is 0 Å². The van der Waals surface area contributed by atoms with E-state index in [0.717, 1.165) is 24.6 Å². The molecule has 146 valence electrons. The number of benzene rings is 1. The Bertz CT molecular complexity index is 805. The van der Waals surface area contributed by atoms with Crippen LogP contribution in [0.15, 0.2) is 33.8 Å². The fourth-order valence-corrected chi connectivity index (χ4v) is 4.11. The number of nitrogens with zero attached hydrogens (tertiary/aromatic N) is 4. The Morgan fingerprint density at radius 3 is 2.89 bits per heavy atom. The molecule has 1 aromatic carbocycles. The van der Waals surface area contributed by atoms with Gasteiger partial charge in [0.15, 0.2) is 5.96 Å². The Balaban J connectivity index is 0.00000210. The number of aliphatic imine (C=N–C) groups is 1. The number of rotatable bonds is 4. The first-order chi connectivity index (χ1) is 12.7. The number of hydrogen-bond donors (Lipinski definition) is 1. The van der Waals surface area contributed by atoms with Crippen molar-refractivity contribution in [3.8, 4) is 11.4 Å². The molecule has 1 aliphatic heterocycles. The van der Waals surface area contributed by atoms with Crippen molar-refractivity contribution in [3.63, 3.8) is 0 Å². The molecule has 1 N–H and O–H groups in total. The number of halogens is 2. The van der Waals surface area contributed by atoms with Crippen molar-refractivity contribution < 1.29 is 4.52 Å². The summed E-state index contributed by atoms with van der Waals surface area (Å²) >= 11 is 6.02. The number of aromatic nitrogens is 2. The smallest absolute Gasteiger partial charge is 0.228 e. The Morgan fingerprint density at radius 1 is 1.37 bits per heavy atom. The molecular formula is C19H25ClIN5O. The van der Waals surface area contributed by atoms with Crippen LogP contribution in [0.25, 0.3) is 11.4 Å². The molecule has 6 nitrogen and oxygen atoms in total. The van der Waals surface area contributed by atoms with Gasteiger partial charge >= 0.3 is 0 Å². The molecule has 0 bridgehead atoms. The van der Waals surface area contributed by atoms with Crippen LogP contribution in [0.4, 0.5) is 0 Å². The van der Waals surface area contributed by atoms with E-state index in [1.165, 1.54) is 25.7 Å². The van der Waals surface area contributed by atoms with Crippen molar-refractivity contribution in [1.29, 1.82) is 0 Å². The molecule has 8 heteroatoms. The fraction of sp³-hybridized carbons (Fsp3) is 0.526. The zero-order chi connectivity index (χ0) is 18.0. The highest BCUT2D eigenvalue weighted by Crippen LogP contribution is 2.47. The van der Waals surface area contributed by atoms with Crippen LogP contribution in [-0.2, 0) is 6.42 Å². The van der Waals surface area contributed by atoms with Crippen molar-refractivity contribution in [1.82, 2.24) is 20.4 Å². The lowest BCUT2D eigenvalue weighted by Gasteiger charge is -2.38. The van der Waals surface area contributed by atoms with Gasteiger partial charge in [-0.05, 0) is 36.8 Å². The average Bonchev–Trinajstić information content (AvgIpc) is 3.26. The van der Waals surface area contributed by atoms with E-state index in [1.807, 2.05) is 31.3 Å². The van der Waals surface area contributed by atoms with Crippen LogP contribution in [0, 0.1) is 5.41 Å². The highest BCUT2D eigenvalue weighted by Gasteiger charge is 2.43. The van der Waals surface area contributed by atoms with Gasteiger partial charge in [-0.15, -0.1) is 24.0 Å². The summed E-state index contributed by atoms with van der Waals surface area (Å²) in [7, 11) is 1.85. The van der Waals surface area contributed by atoms with E-state index < -0.39 is 0 Å². The third kappa shape index (κ3) is 4.56. The first kappa shape index (κ1) is 20.4. The van der Waals surface area contributed by atoms with E-state index in [2.05, 4.69) is 25.3 Å². The summed E-state index contributed by atoms with van der Waals surface area (Å²) in [5, 5.41) is 8.14. The Labute approximate surface area is 181 Å². The number of likely N-dealkylation sites (tertiary alicyclic amines) is 1. The third-order valence-electron chi connectivity index (χ3n) is 5.54. The predicted molar refractivity (Wildman–Crippen MR) is 118 cm³/mol. The number of hydrogen-bond acceptors (Lipinski definition) is 4. The quantitative estimate of drug-likeness (QED) is 0.390. The minimum absolute atomic E-state index is 0. The molecule has 1 saturated carbocycles. The molecule has 0 unspecified atom stereocenters. The van der Waals surface area contributed by atoms with Gasteiger partial charge in [0.25, 0.3) is 0 Å². The molecule has 4 rings (SSSR count). The van der Waals surface area contributed by atoms with Crippen molar-refractivity contribution >= 4 is 41.5 Å². The Kier molecular flexibility index (Phi) is 6.62. The fourth-order valence-electron chi connectivity index (χ4n) is 3.92. The third-order valence-corrected chi connectivity index (χ3v) is 5.77. The van der Waals surface area contributed by atoms with Crippen LogP contribution in [0.3, 0.4) is 0 Å². The standard InChI is InChI=1S/C19H24ClN5O.HI/c1-21-18(25-11-9-19(13-25)7-3-8-19)22-10-6-16-23-17(24-26-16)14-4-2-5-15(20)12-14;/h2,4-5,12H,3,6-11,13H2,1H3,(H,21,22);1H. The second-order valence-corrected chi connectivity index (χ2v) is 7.71. The maximum Gasteiger partial charge on any atom is 0.228 e. The molecule has 1 aliphatic carbocycles. The zero-order valence-electron chi connectivity index (χ0n) is 15.4. The SMILES string of the molecule is CN=C(NCCc1nc(-c2cccc(Cl)c2)no1)N1CCC2(CCC2)C1.I. The van der Waals surface area contributed by atoms with Crippen LogP contribution in [0.1, 0.15) is 31.6 Å². The monoisotopic (exact) mass is 501 g/mol. The van der Waals surface area contributed by atoms with Gasteiger partial charge in [0.05, 0.1) is 0 Å². The van der Waals surface area contributed by atoms with Crippen LogP contribution >= 0.6 is 35.6 Å². The summed E-state index contributed by atoms with van der Waals surface area (Å²) in [6.45, 7) is 2.94. The normalized spacial score (nSPS) is 18.3. The van der Waals surface area contributed by atoms with Gasteiger partial charge in [-0.2, -0.15) is 4.98 Å². The van der Waals surface area contributed by atoms with Crippen LogP contribution in [-0.4, -0.2) is 47.7 Å². The number of nitrogens with one attached hydrogen (secondary N) is 1. The summed E-state index contributed by atoms with van der Waals surface area (Å²) in [5.41, 5.74) is 1.43. The van der Waals surface area contributed by atoms with E-state index in [1.54, 1.807) is 0 Å². The maximum absolute atomic E-state index is 6.02. The molecular weight excluding hydrogens is 477 g/mol. The van der Waals surface area contributed by atoms with Crippen molar-refractivity contribution in [3.05, 3.63) is 35.2 Å². The van der Waals surface area contributed by atoms with E-state index in [0.29, 0.717) is 35.1 Å². The second kappa shape index (κ2) is 8.77. The molecule has 2 fully saturated rings. The van der Waals surface area contributed by atoms with Gasteiger partial charge in [-0.1, -0.05) is 35.3 Å². The van der Waals surface area contributed by atoms with Crippen molar-refractivity contribution in [2.45, 2.75) is 32.1 Å². The summed E-state index contributed by atoms with van der Waals surface area (Å²) in [6.07, 6.45) is 6.07. The van der Waals surface area contributed by atoms with Gasteiger partial charge in [-0.3, -0.25) is 4.99 Å². The molecule has 1 spiro atoms. The first-order valence-corrected chi connectivity index (χ1v) is 9.59. The molecule has 0 radical (unpaired) electrons. The van der Waals surface area contributed by atoms with Gasteiger partial charge in [0, 0.05) is 43.7 Å². The summed E-state index contributed by atoms with van der Waals surface area (Å²) in [6, 6.07) is 7.46. The van der Waals surface area contributed by atoms with E-state index in [4.69, 9.17) is 16.1 Å². The second-order valence-electron chi connectivity index (χ2n) is 7.27. The van der Waals surface area contributed by atoms with Crippen LogP contribution in [0.2, 0.25) is 5.02 Å². The predicted octanol–water partition coefficient (Wildman–Crippen LogP) is 4.00. The van der Waals surface area contributed by atoms with E-state index in [-0.39, 0.29) is 24.0 Å². The van der Waals surface area contributed by atoms with Crippen molar-refractivity contribution in [2.24, 2.45) is 10.4 Å². The average molecular weight is 502 g/mol. The minimum Gasteiger partial charge on any atom is -0.356 e. The molecule has 2 aliphatic rings.